The molecule has 0 saturated carbocycles. The maximum Gasteiger partial charge on any atom is 0.317 e. The van der Waals surface area contributed by atoms with Crippen molar-refractivity contribution in [2.24, 2.45) is 5.92 Å². The van der Waals surface area contributed by atoms with Gasteiger partial charge in [-0.05, 0) is 33.8 Å². The Hall–Kier alpha value is -2.57. The molecule has 0 radical (unpaired) electrons. The van der Waals surface area contributed by atoms with Crippen LogP contribution in [0.15, 0.2) is 24.3 Å². The van der Waals surface area contributed by atoms with Crippen molar-refractivity contribution in [3.8, 4) is 0 Å². The molecule has 1 aromatic carbocycles. The highest BCUT2D eigenvalue weighted by Gasteiger charge is 2.32. The fourth-order valence-corrected chi connectivity index (χ4v) is 1.93. The van der Waals surface area contributed by atoms with Crippen LogP contribution in [-0.2, 0) is 14.3 Å². The van der Waals surface area contributed by atoms with E-state index in [9.17, 15) is 24.5 Å². The summed E-state index contributed by atoms with van der Waals surface area (Å²) in [5, 5.41) is 11.0. The largest absolute Gasteiger partial charge is 0.459 e. The topological polar surface area (TPSA) is 104 Å². The molecule has 0 aliphatic heterocycles. The fourth-order valence-electron chi connectivity index (χ4n) is 1.93. The number of ketones is 2. The number of esters is 1. The molecule has 0 N–H and O–H groups in total. The number of hydrogen-bond acceptors (Lipinski definition) is 6. The van der Waals surface area contributed by atoms with E-state index in [0.717, 1.165) is 0 Å². The average molecular weight is 321 g/mol. The first-order valence-corrected chi connectivity index (χ1v) is 7.03. The third-order valence-corrected chi connectivity index (χ3v) is 2.97. The van der Waals surface area contributed by atoms with Crippen molar-refractivity contribution in [1.82, 2.24) is 0 Å². The molecule has 0 saturated heterocycles. The predicted octanol–water partition coefficient (Wildman–Crippen LogP) is 2.71. The summed E-state index contributed by atoms with van der Waals surface area (Å²) in [4.78, 5) is 46.3. The van der Waals surface area contributed by atoms with Crippen molar-refractivity contribution in [3.05, 3.63) is 39.9 Å². The van der Waals surface area contributed by atoms with E-state index >= 15 is 0 Å². The molecule has 0 bridgehead atoms. The highest BCUT2D eigenvalue weighted by atomic mass is 16.6. The van der Waals surface area contributed by atoms with Gasteiger partial charge in [0.1, 0.15) is 17.3 Å². The Bertz CT molecular complexity index is 644. The second kappa shape index (κ2) is 7.13. The van der Waals surface area contributed by atoms with Crippen molar-refractivity contribution in [3.63, 3.8) is 0 Å². The fraction of sp³-hybridized carbons (Fsp3) is 0.438. The van der Waals surface area contributed by atoms with Gasteiger partial charge in [0.25, 0.3) is 5.69 Å². The van der Waals surface area contributed by atoms with Crippen molar-refractivity contribution < 1.29 is 24.0 Å². The van der Waals surface area contributed by atoms with E-state index in [2.05, 4.69) is 0 Å². The molecule has 7 heteroatoms. The molecule has 0 spiro atoms. The van der Waals surface area contributed by atoms with Gasteiger partial charge in [0.2, 0.25) is 0 Å². The Labute approximate surface area is 133 Å². The quantitative estimate of drug-likeness (QED) is 0.262. The van der Waals surface area contributed by atoms with Crippen LogP contribution >= 0.6 is 0 Å². The van der Waals surface area contributed by atoms with E-state index in [-0.39, 0.29) is 11.3 Å². The number of hydrogen-bond donors (Lipinski definition) is 0. The minimum atomic E-state index is -1.28. The van der Waals surface area contributed by atoms with Crippen LogP contribution in [0.5, 0.6) is 0 Å². The summed E-state index contributed by atoms with van der Waals surface area (Å²) in [6, 6.07) is 5.41. The van der Waals surface area contributed by atoms with Gasteiger partial charge in [-0.3, -0.25) is 24.5 Å². The Morgan fingerprint density at radius 2 is 1.78 bits per heavy atom. The monoisotopic (exact) mass is 321 g/mol. The number of ether oxygens (including phenoxy) is 1. The number of nitro benzene ring substituents is 1. The van der Waals surface area contributed by atoms with E-state index in [1.165, 1.54) is 31.2 Å². The molecule has 1 aromatic rings. The standard InChI is InChI=1S/C16H19NO6/c1-10(18)12(15(20)23-16(2,3)4)9-14(19)11-7-5-6-8-13(11)17(21)22/h5-8,12H,9H2,1-4H3/t12-/m1/s1. The summed E-state index contributed by atoms with van der Waals surface area (Å²) in [7, 11) is 0. The molecule has 0 aliphatic rings. The van der Waals surface area contributed by atoms with Gasteiger partial charge < -0.3 is 4.74 Å². The van der Waals surface area contributed by atoms with Crippen LogP contribution in [0.1, 0.15) is 44.5 Å². The van der Waals surface area contributed by atoms with Gasteiger partial charge in [0, 0.05) is 12.5 Å². The lowest BCUT2D eigenvalue weighted by Gasteiger charge is -2.22. The maximum atomic E-state index is 12.3. The molecule has 7 nitrogen and oxygen atoms in total. The molecule has 0 aliphatic carbocycles. The number of benzene rings is 1. The van der Waals surface area contributed by atoms with Crippen LogP contribution in [0.4, 0.5) is 5.69 Å². The normalized spacial score (nSPS) is 12.3. The zero-order valence-corrected chi connectivity index (χ0v) is 13.5. The highest BCUT2D eigenvalue weighted by molar-refractivity contribution is 6.07. The van der Waals surface area contributed by atoms with Crippen LogP contribution in [-0.4, -0.2) is 28.1 Å². The maximum absolute atomic E-state index is 12.3. The zero-order chi connectivity index (χ0) is 17.8. The first kappa shape index (κ1) is 18.5. The minimum absolute atomic E-state index is 0.132. The van der Waals surface area contributed by atoms with Gasteiger partial charge in [0.15, 0.2) is 5.78 Å². The van der Waals surface area contributed by atoms with Gasteiger partial charge in [0.05, 0.1) is 10.5 Å². The summed E-state index contributed by atoms with van der Waals surface area (Å²) in [5.41, 5.74) is -1.29. The van der Waals surface area contributed by atoms with E-state index in [1.54, 1.807) is 20.8 Å². The Kier molecular flexibility index (Phi) is 5.73. The third-order valence-electron chi connectivity index (χ3n) is 2.97. The Morgan fingerprint density at radius 1 is 1.22 bits per heavy atom. The Balaban J connectivity index is 3.02. The lowest BCUT2D eigenvalue weighted by atomic mass is 9.94. The van der Waals surface area contributed by atoms with Crippen LogP contribution in [0.2, 0.25) is 0 Å². The summed E-state index contributed by atoms with van der Waals surface area (Å²) >= 11 is 0. The second-order valence-electron chi connectivity index (χ2n) is 6.10. The Morgan fingerprint density at radius 3 is 2.26 bits per heavy atom. The average Bonchev–Trinajstić information content (AvgIpc) is 2.42. The lowest BCUT2D eigenvalue weighted by Crippen LogP contribution is -2.33. The van der Waals surface area contributed by atoms with Crippen molar-refractivity contribution in [1.29, 1.82) is 0 Å². The van der Waals surface area contributed by atoms with E-state index in [1.807, 2.05) is 0 Å². The number of carbonyl (C=O) groups is 3. The molecule has 0 heterocycles. The molecule has 124 valence electrons. The van der Waals surface area contributed by atoms with Crippen molar-refractivity contribution >= 4 is 23.2 Å². The number of nitrogens with zero attached hydrogens (tertiary/aromatic N) is 1. The SMILES string of the molecule is CC(=O)[C@@H](CC(=O)c1ccccc1[N+](=O)[O-])C(=O)OC(C)(C)C. The molecule has 0 aromatic heterocycles. The van der Waals surface area contributed by atoms with E-state index < -0.39 is 40.4 Å². The zero-order valence-electron chi connectivity index (χ0n) is 13.5. The van der Waals surface area contributed by atoms with Crippen molar-refractivity contribution in [2.45, 2.75) is 39.7 Å². The van der Waals surface area contributed by atoms with Gasteiger partial charge in [-0.15, -0.1) is 0 Å². The van der Waals surface area contributed by atoms with Crippen LogP contribution in [0.25, 0.3) is 0 Å². The number of nitro groups is 1. The predicted molar refractivity (Wildman–Crippen MR) is 82.1 cm³/mol. The summed E-state index contributed by atoms with van der Waals surface area (Å²) in [6.45, 7) is 6.12. The molecule has 0 unspecified atom stereocenters. The molecule has 1 rings (SSSR count). The first-order valence-electron chi connectivity index (χ1n) is 7.03. The molecular weight excluding hydrogens is 302 g/mol. The van der Waals surface area contributed by atoms with E-state index in [4.69, 9.17) is 4.74 Å². The molecule has 23 heavy (non-hydrogen) atoms. The third kappa shape index (κ3) is 5.28. The van der Waals surface area contributed by atoms with Crippen LogP contribution < -0.4 is 0 Å². The van der Waals surface area contributed by atoms with E-state index in [0.29, 0.717) is 0 Å². The molecular formula is C16H19NO6. The van der Waals surface area contributed by atoms with Crippen LogP contribution in [0.3, 0.4) is 0 Å². The number of para-hydroxylation sites is 1. The number of Topliss-reactive ketones (excluding diaryl/α,β-unsaturated/α-hetero) is 2. The lowest BCUT2D eigenvalue weighted by molar-refractivity contribution is -0.385. The van der Waals surface area contributed by atoms with Crippen molar-refractivity contribution in [2.75, 3.05) is 0 Å². The molecule has 0 amide bonds. The number of rotatable bonds is 6. The highest BCUT2D eigenvalue weighted by Crippen LogP contribution is 2.23. The molecule has 1 atom stereocenters. The van der Waals surface area contributed by atoms with Crippen LogP contribution in [0, 0.1) is 16.0 Å². The summed E-state index contributed by atoms with van der Waals surface area (Å²) in [5.74, 6) is -3.26. The summed E-state index contributed by atoms with van der Waals surface area (Å²) < 4.78 is 5.13. The van der Waals surface area contributed by atoms with Gasteiger partial charge >= 0.3 is 5.97 Å². The van der Waals surface area contributed by atoms with Gasteiger partial charge in [-0.2, -0.15) is 0 Å². The molecule has 0 fully saturated rings. The van der Waals surface area contributed by atoms with Gasteiger partial charge in [-0.1, -0.05) is 12.1 Å². The summed E-state index contributed by atoms with van der Waals surface area (Å²) in [6.07, 6.45) is -0.463. The minimum Gasteiger partial charge on any atom is -0.459 e. The second-order valence-corrected chi connectivity index (χ2v) is 6.10. The number of carbonyl (C=O) groups excluding carboxylic acids is 3. The smallest absolute Gasteiger partial charge is 0.317 e. The first-order chi connectivity index (χ1) is 10.5. The van der Waals surface area contributed by atoms with Gasteiger partial charge in [-0.25, -0.2) is 0 Å².